The second-order valence-corrected chi connectivity index (χ2v) is 9.19. The van der Waals surface area contributed by atoms with Gasteiger partial charge in [-0.05, 0) is 18.8 Å². The molecule has 0 unspecified atom stereocenters. The molecule has 0 atom stereocenters. The lowest BCUT2D eigenvalue weighted by molar-refractivity contribution is -0.159. The summed E-state index contributed by atoms with van der Waals surface area (Å²) in [5.41, 5.74) is 0. The minimum absolute atomic E-state index is 0.336. The topological polar surface area (TPSA) is 43.4 Å². The van der Waals surface area contributed by atoms with E-state index < -0.39 is 0 Å². The van der Waals surface area contributed by atoms with Crippen molar-refractivity contribution in [1.82, 2.24) is 0 Å². The smallest absolute Gasteiger partial charge is 0.313 e. The van der Waals surface area contributed by atoms with Crippen molar-refractivity contribution in [2.75, 3.05) is 0 Å². The van der Waals surface area contributed by atoms with Gasteiger partial charge < -0.3 is 4.74 Å². The molecule has 0 radical (unpaired) electrons. The van der Waals surface area contributed by atoms with Crippen molar-refractivity contribution in [3.63, 3.8) is 0 Å². The lowest BCUT2D eigenvalue weighted by atomic mass is 10.0. The zero-order valence-electron chi connectivity index (χ0n) is 19.9. The maximum absolute atomic E-state index is 11.7. The molecule has 0 aromatic heterocycles. The van der Waals surface area contributed by atoms with Gasteiger partial charge in [0, 0.05) is 12.8 Å². The number of unbranched alkanes of at least 4 members (excludes halogenated alkanes) is 15. The van der Waals surface area contributed by atoms with Crippen LogP contribution in [0.5, 0.6) is 0 Å². The third kappa shape index (κ3) is 23.3. The first kappa shape index (κ1) is 28.1. The minimum atomic E-state index is -0.341. The Morgan fingerprint density at radius 1 is 0.552 bits per heavy atom. The average molecular weight is 411 g/mol. The standard InChI is InChI=1S/C26H50O3/c1-4-5-6-15-19-22-25(27)29-26(28)23-20-17-14-12-10-8-7-9-11-13-16-18-21-24(2)3/h24H,4-23H2,1-3H3. The molecule has 0 spiro atoms. The van der Waals surface area contributed by atoms with Crippen LogP contribution in [0.1, 0.15) is 149 Å². The largest absolute Gasteiger partial charge is 0.393 e. The number of hydrogen-bond acceptors (Lipinski definition) is 3. The zero-order valence-corrected chi connectivity index (χ0v) is 19.9. The normalized spacial score (nSPS) is 11.2. The molecule has 0 aliphatic rings. The number of rotatable bonds is 21. The van der Waals surface area contributed by atoms with Gasteiger partial charge in [0.2, 0.25) is 0 Å². The number of carbonyl (C=O) groups is 2. The average Bonchev–Trinajstić information content (AvgIpc) is 2.67. The first-order valence-corrected chi connectivity index (χ1v) is 12.8. The van der Waals surface area contributed by atoms with E-state index in [2.05, 4.69) is 20.8 Å². The maximum Gasteiger partial charge on any atom is 0.313 e. The minimum Gasteiger partial charge on any atom is -0.393 e. The summed E-state index contributed by atoms with van der Waals surface area (Å²) >= 11 is 0. The van der Waals surface area contributed by atoms with Crippen LogP contribution in [-0.2, 0) is 14.3 Å². The van der Waals surface area contributed by atoms with Gasteiger partial charge in [-0.2, -0.15) is 0 Å². The van der Waals surface area contributed by atoms with Gasteiger partial charge in [0.15, 0.2) is 0 Å². The highest BCUT2D eigenvalue weighted by atomic mass is 16.6. The second-order valence-electron chi connectivity index (χ2n) is 9.19. The fraction of sp³-hybridized carbons (Fsp3) is 0.923. The van der Waals surface area contributed by atoms with Crippen LogP contribution in [0.3, 0.4) is 0 Å². The Morgan fingerprint density at radius 3 is 1.28 bits per heavy atom. The van der Waals surface area contributed by atoms with Gasteiger partial charge in [-0.25, -0.2) is 0 Å². The van der Waals surface area contributed by atoms with Crippen LogP contribution in [0.4, 0.5) is 0 Å². The Balaban J connectivity index is 3.27. The molecular formula is C26H50O3. The number of hydrogen-bond donors (Lipinski definition) is 0. The molecule has 0 aliphatic carbocycles. The molecule has 0 aromatic rings. The van der Waals surface area contributed by atoms with Gasteiger partial charge in [0.1, 0.15) is 0 Å². The molecule has 0 saturated heterocycles. The van der Waals surface area contributed by atoms with E-state index in [0.29, 0.717) is 12.8 Å². The third-order valence-electron chi connectivity index (χ3n) is 5.62. The van der Waals surface area contributed by atoms with E-state index in [0.717, 1.165) is 38.0 Å². The number of ether oxygens (including phenoxy) is 1. The summed E-state index contributed by atoms with van der Waals surface area (Å²) in [6.07, 6.45) is 23.0. The molecule has 0 amide bonds. The fourth-order valence-corrected chi connectivity index (χ4v) is 3.69. The Kier molecular flexibility index (Phi) is 21.2. The van der Waals surface area contributed by atoms with E-state index in [1.54, 1.807) is 0 Å². The van der Waals surface area contributed by atoms with Crippen LogP contribution in [-0.4, -0.2) is 11.9 Å². The van der Waals surface area contributed by atoms with Crippen molar-refractivity contribution < 1.29 is 14.3 Å². The van der Waals surface area contributed by atoms with E-state index in [-0.39, 0.29) is 11.9 Å². The van der Waals surface area contributed by atoms with Gasteiger partial charge in [-0.15, -0.1) is 0 Å². The molecular weight excluding hydrogens is 360 g/mol. The van der Waals surface area contributed by atoms with Crippen LogP contribution >= 0.6 is 0 Å². The van der Waals surface area contributed by atoms with Gasteiger partial charge in [0.25, 0.3) is 0 Å². The quantitative estimate of drug-likeness (QED) is 0.108. The van der Waals surface area contributed by atoms with E-state index >= 15 is 0 Å². The van der Waals surface area contributed by atoms with Crippen LogP contribution in [0.25, 0.3) is 0 Å². The Labute approximate surface area is 181 Å². The summed E-state index contributed by atoms with van der Waals surface area (Å²) < 4.78 is 4.90. The van der Waals surface area contributed by atoms with E-state index in [1.807, 2.05) is 0 Å². The number of carbonyl (C=O) groups excluding carboxylic acids is 2. The van der Waals surface area contributed by atoms with E-state index in [4.69, 9.17) is 4.74 Å². The molecule has 0 fully saturated rings. The summed E-state index contributed by atoms with van der Waals surface area (Å²) in [4.78, 5) is 23.3. The molecule has 172 valence electrons. The lowest BCUT2D eigenvalue weighted by Crippen LogP contribution is -2.11. The van der Waals surface area contributed by atoms with Crippen molar-refractivity contribution in [1.29, 1.82) is 0 Å². The molecule has 3 nitrogen and oxygen atoms in total. The van der Waals surface area contributed by atoms with Crippen LogP contribution in [0, 0.1) is 5.92 Å². The molecule has 0 aliphatic heterocycles. The van der Waals surface area contributed by atoms with Crippen LogP contribution in [0.2, 0.25) is 0 Å². The van der Waals surface area contributed by atoms with Crippen LogP contribution in [0.15, 0.2) is 0 Å². The van der Waals surface area contributed by atoms with Gasteiger partial charge in [-0.1, -0.05) is 124 Å². The Hall–Kier alpha value is -0.860. The molecule has 29 heavy (non-hydrogen) atoms. The van der Waals surface area contributed by atoms with Gasteiger partial charge >= 0.3 is 11.9 Å². The predicted molar refractivity (Wildman–Crippen MR) is 124 cm³/mol. The summed E-state index contributed by atoms with van der Waals surface area (Å²) in [6, 6.07) is 0. The summed E-state index contributed by atoms with van der Waals surface area (Å²) in [5.74, 6) is 0.177. The molecule has 0 bridgehead atoms. The van der Waals surface area contributed by atoms with Crippen molar-refractivity contribution in [3.05, 3.63) is 0 Å². The number of esters is 2. The Bertz CT molecular complexity index is 376. The summed E-state index contributed by atoms with van der Waals surface area (Å²) in [7, 11) is 0. The first-order valence-electron chi connectivity index (χ1n) is 12.8. The van der Waals surface area contributed by atoms with Gasteiger partial charge in [0.05, 0.1) is 0 Å². The predicted octanol–water partition coefficient (Wildman–Crippen LogP) is 8.53. The first-order chi connectivity index (χ1) is 14.1. The van der Waals surface area contributed by atoms with Crippen molar-refractivity contribution in [2.24, 2.45) is 5.92 Å². The van der Waals surface area contributed by atoms with E-state index in [9.17, 15) is 9.59 Å². The monoisotopic (exact) mass is 410 g/mol. The lowest BCUT2D eigenvalue weighted by Gasteiger charge is -2.05. The zero-order chi connectivity index (χ0) is 21.6. The molecule has 3 heteroatoms. The highest BCUT2D eigenvalue weighted by Crippen LogP contribution is 2.14. The SMILES string of the molecule is CCCCCCCC(=O)OC(=O)CCCCCCCCCCCCCCC(C)C. The highest BCUT2D eigenvalue weighted by Gasteiger charge is 2.09. The van der Waals surface area contributed by atoms with Crippen molar-refractivity contribution in [3.8, 4) is 0 Å². The molecule has 0 saturated carbocycles. The Morgan fingerprint density at radius 2 is 0.897 bits per heavy atom. The van der Waals surface area contributed by atoms with Gasteiger partial charge in [-0.3, -0.25) is 9.59 Å². The molecule has 0 heterocycles. The van der Waals surface area contributed by atoms with Crippen molar-refractivity contribution in [2.45, 2.75) is 149 Å². The molecule has 0 rings (SSSR count). The summed E-state index contributed by atoms with van der Waals surface area (Å²) in [6.45, 7) is 6.79. The second kappa shape index (κ2) is 21.8. The van der Waals surface area contributed by atoms with Crippen LogP contribution < -0.4 is 0 Å². The molecule has 0 N–H and O–H groups in total. The van der Waals surface area contributed by atoms with Crippen molar-refractivity contribution >= 4 is 11.9 Å². The van der Waals surface area contributed by atoms with E-state index in [1.165, 1.54) is 83.5 Å². The fourth-order valence-electron chi connectivity index (χ4n) is 3.69. The summed E-state index contributed by atoms with van der Waals surface area (Å²) in [5, 5.41) is 0. The third-order valence-corrected chi connectivity index (χ3v) is 5.62. The molecule has 0 aromatic carbocycles. The highest BCUT2D eigenvalue weighted by molar-refractivity contribution is 5.85. The maximum atomic E-state index is 11.7.